The molecule has 0 amide bonds. The van der Waals surface area contributed by atoms with Crippen molar-refractivity contribution in [3.05, 3.63) is 137 Å². The van der Waals surface area contributed by atoms with Gasteiger partial charge >= 0.3 is 0 Å². The highest BCUT2D eigenvalue weighted by Crippen LogP contribution is 2.23. The lowest BCUT2D eigenvalue weighted by Crippen LogP contribution is -2.45. The largest absolute Gasteiger partial charge is 0.324 e. The van der Waals surface area contributed by atoms with Gasteiger partial charge in [0.25, 0.3) is 0 Å². The molecule has 2 aromatic heterocycles. The summed E-state index contributed by atoms with van der Waals surface area (Å²) in [6, 6.07) is 26.5. The van der Waals surface area contributed by atoms with Crippen LogP contribution in [0.5, 0.6) is 0 Å². The fraction of sp³-hybridized carbons (Fsp3) is 0.222. The summed E-state index contributed by atoms with van der Waals surface area (Å²) in [5.41, 5.74) is 7.58. The van der Waals surface area contributed by atoms with Crippen LogP contribution in [0.3, 0.4) is 0 Å². The van der Waals surface area contributed by atoms with Crippen LogP contribution in [0, 0.1) is 12.7 Å². The van der Waals surface area contributed by atoms with E-state index in [0.717, 1.165) is 72.9 Å². The van der Waals surface area contributed by atoms with Crippen LogP contribution in [0.1, 0.15) is 32.6 Å². The summed E-state index contributed by atoms with van der Waals surface area (Å²) in [5, 5.41) is 3.32. The van der Waals surface area contributed by atoms with Crippen LogP contribution in [0.4, 0.5) is 16.0 Å². The number of rotatable bonds is 10. The number of pyridine rings is 1. The number of nitrogens with zero attached hydrogens (tertiary/aromatic N) is 5. The smallest absolute Gasteiger partial charge is 0.227 e. The zero-order valence-electron chi connectivity index (χ0n) is 24.8. The monoisotopic (exact) mass is 586 g/mol. The van der Waals surface area contributed by atoms with Gasteiger partial charge in [-0.1, -0.05) is 48.5 Å². The highest BCUT2D eigenvalue weighted by atomic mass is 19.1. The maximum atomic E-state index is 13.2. The molecule has 0 radical (unpaired) electrons. The van der Waals surface area contributed by atoms with Gasteiger partial charge in [-0.05, 0) is 65.6 Å². The maximum absolute atomic E-state index is 13.2. The number of hydrogen-bond donors (Lipinski definition) is 1. The fourth-order valence-corrected chi connectivity index (χ4v) is 5.42. The SMILES string of the molecule is Cc1ccc(CC(=O)c2ccc(CN3CCN(Cc4ccc(F)cc4)CC3)cc2)cc1Nc1nccc(-c2cccnc2)n1. The highest BCUT2D eigenvalue weighted by Gasteiger charge is 2.18. The van der Waals surface area contributed by atoms with E-state index < -0.39 is 0 Å². The number of benzene rings is 3. The van der Waals surface area contributed by atoms with Crippen LogP contribution in [0.2, 0.25) is 0 Å². The van der Waals surface area contributed by atoms with E-state index in [2.05, 4.69) is 42.2 Å². The second-order valence-electron chi connectivity index (χ2n) is 11.3. The summed E-state index contributed by atoms with van der Waals surface area (Å²) in [7, 11) is 0. The van der Waals surface area contributed by atoms with Gasteiger partial charge in [0.15, 0.2) is 5.78 Å². The number of carbonyl (C=O) groups excluding carboxylic acids is 1. The van der Waals surface area contributed by atoms with Gasteiger partial charge < -0.3 is 5.32 Å². The van der Waals surface area contributed by atoms with E-state index in [1.165, 1.54) is 17.7 Å². The van der Waals surface area contributed by atoms with Gasteiger partial charge in [0.1, 0.15) is 5.82 Å². The Morgan fingerprint density at radius 3 is 2.14 bits per heavy atom. The normalized spacial score (nSPS) is 14.0. The van der Waals surface area contributed by atoms with Crippen LogP contribution in [-0.2, 0) is 19.5 Å². The molecule has 1 aliphatic rings. The zero-order chi connectivity index (χ0) is 30.3. The van der Waals surface area contributed by atoms with Crippen molar-refractivity contribution in [3.8, 4) is 11.3 Å². The Bertz CT molecular complexity index is 1700. The molecule has 0 spiro atoms. The van der Waals surface area contributed by atoms with E-state index in [1.807, 2.05) is 67.6 Å². The third-order valence-electron chi connectivity index (χ3n) is 7.99. The molecular formula is C36H35FN6O. The summed E-state index contributed by atoms with van der Waals surface area (Å²) in [4.78, 5) is 31.2. The molecular weight excluding hydrogens is 551 g/mol. The number of halogens is 1. The topological polar surface area (TPSA) is 74.2 Å². The second kappa shape index (κ2) is 13.7. The number of piperazine rings is 1. The predicted octanol–water partition coefficient (Wildman–Crippen LogP) is 6.47. The number of aromatic nitrogens is 3. The fourth-order valence-electron chi connectivity index (χ4n) is 5.42. The molecule has 1 fully saturated rings. The van der Waals surface area contributed by atoms with Crippen molar-refractivity contribution < 1.29 is 9.18 Å². The molecule has 0 aliphatic carbocycles. The van der Waals surface area contributed by atoms with Crippen molar-refractivity contribution in [2.75, 3.05) is 31.5 Å². The summed E-state index contributed by atoms with van der Waals surface area (Å²) < 4.78 is 13.2. The van der Waals surface area contributed by atoms with Crippen molar-refractivity contribution in [2.24, 2.45) is 0 Å². The minimum Gasteiger partial charge on any atom is -0.324 e. The number of hydrogen-bond acceptors (Lipinski definition) is 7. The number of ketones is 1. The molecule has 1 aliphatic heterocycles. The van der Waals surface area contributed by atoms with Gasteiger partial charge in [-0.15, -0.1) is 0 Å². The molecule has 44 heavy (non-hydrogen) atoms. The van der Waals surface area contributed by atoms with Gasteiger partial charge in [0, 0.05) is 81.1 Å². The Kier molecular flexibility index (Phi) is 9.10. The van der Waals surface area contributed by atoms with Gasteiger partial charge in [-0.2, -0.15) is 0 Å². The average Bonchev–Trinajstić information content (AvgIpc) is 3.05. The molecule has 3 aromatic carbocycles. The molecule has 5 aromatic rings. The molecule has 0 unspecified atom stereocenters. The van der Waals surface area contributed by atoms with Crippen molar-refractivity contribution in [1.82, 2.24) is 24.8 Å². The minimum absolute atomic E-state index is 0.0792. The molecule has 0 saturated carbocycles. The van der Waals surface area contributed by atoms with E-state index in [1.54, 1.807) is 18.6 Å². The molecule has 222 valence electrons. The highest BCUT2D eigenvalue weighted by molar-refractivity contribution is 5.97. The van der Waals surface area contributed by atoms with Crippen LogP contribution in [0.15, 0.2) is 104 Å². The van der Waals surface area contributed by atoms with E-state index in [0.29, 0.717) is 17.9 Å². The van der Waals surface area contributed by atoms with Crippen molar-refractivity contribution >= 4 is 17.4 Å². The summed E-state index contributed by atoms with van der Waals surface area (Å²) in [5.74, 6) is 0.372. The summed E-state index contributed by atoms with van der Waals surface area (Å²) in [6.07, 6.45) is 5.54. The number of anilines is 2. The van der Waals surface area contributed by atoms with E-state index in [9.17, 15) is 9.18 Å². The Hall–Kier alpha value is -4.79. The van der Waals surface area contributed by atoms with E-state index in [4.69, 9.17) is 0 Å². The number of aryl methyl sites for hydroxylation is 1. The molecule has 1 N–H and O–H groups in total. The molecule has 0 atom stereocenters. The van der Waals surface area contributed by atoms with Crippen LogP contribution in [-0.4, -0.2) is 56.7 Å². The van der Waals surface area contributed by atoms with Crippen LogP contribution < -0.4 is 5.32 Å². The molecule has 1 saturated heterocycles. The second-order valence-corrected chi connectivity index (χ2v) is 11.3. The quantitative estimate of drug-likeness (QED) is 0.188. The van der Waals surface area contributed by atoms with E-state index >= 15 is 0 Å². The van der Waals surface area contributed by atoms with Gasteiger partial charge in [0.2, 0.25) is 5.95 Å². The first-order valence-electron chi connectivity index (χ1n) is 14.9. The lowest BCUT2D eigenvalue weighted by atomic mass is 10.00. The third kappa shape index (κ3) is 7.58. The van der Waals surface area contributed by atoms with Crippen molar-refractivity contribution in [1.29, 1.82) is 0 Å². The molecule has 0 bridgehead atoms. The Labute approximate surface area is 257 Å². The number of carbonyl (C=O) groups is 1. The summed E-state index contributed by atoms with van der Waals surface area (Å²) in [6.45, 7) is 7.62. The first-order valence-corrected chi connectivity index (χ1v) is 14.9. The van der Waals surface area contributed by atoms with Crippen LogP contribution in [0.25, 0.3) is 11.3 Å². The minimum atomic E-state index is -0.196. The lowest BCUT2D eigenvalue weighted by Gasteiger charge is -2.34. The molecule has 8 heteroatoms. The van der Waals surface area contributed by atoms with E-state index in [-0.39, 0.29) is 11.6 Å². The Morgan fingerprint density at radius 1 is 0.818 bits per heavy atom. The predicted molar refractivity (Wildman–Crippen MR) is 171 cm³/mol. The standard InChI is InChI=1S/C36H35FN6O/c1-26-4-5-29(21-34(26)41-36-39-16-14-33(40-36)31-3-2-15-38-23-31)22-35(44)30-10-6-27(7-11-30)24-42-17-19-43(20-18-42)25-28-8-12-32(37)13-9-28/h2-16,21,23H,17-20,22,24-25H2,1H3,(H,39,40,41). The Morgan fingerprint density at radius 2 is 1.48 bits per heavy atom. The average molecular weight is 587 g/mol. The van der Waals surface area contributed by atoms with Crippen LogP contribution >= 0.6 is 0 Å². The van der Waals surface area contributed by atoms with Gasteiger partial charge in [-0.3, -0.25) is 19.6 Å². The number of Topliss-reactive ketones (excluding diaryl/α,β-unsaturated/α-hetero) is 1. The molecule has 6 rings (SSSR count). The first kappa shape index (κ1) is 29.3. The van der Waals surface area contributed by atoms with Crippen molar-refractivity contribution in [2.45, 2.75) is 26.4 Å². The maximum Gasteiger partial charge on any atom is 0.227 e. The zero-order valence-corrected chi connectivity index (χ0v) is 24.8. The Balaban J connectivity index is 1.02. The van der Waals surface area contributed by atoms with Gasteiger partial charge in [-0.25, -0.2) is 14.4 Å². The number of nitrogens with one attached hydrogen (secondary N) is 1. The first-order chi connectivity index (χ1) is 21.5. The molecule has 7 nitrogen and oxygen atoms in total. The van der Waals surface area contributed by atoms with Gasteiger partial charge in [0.05, 0.1) is 5.69 Å². The van der Waals surface area contributed by atoms with Crippen molar-refractivity contribution in [3.63, 3.8) is 0 Å². The lowest BCUT2D eigenvalue weighted by molar-refractivity contribution is 0.0993. The third-order valence-corrected chi connectivity index (χ3v) is 7.99. The summed E-state index contributed by atoms with van der Waals surface area (Å²) >= 11 is 0. The molecule has 3 heterocycles.